The monoisotopic (exact) mass is 466 g/mol. The van der Waals surface area contributed by atoms with Crippen molar-refractivity contribution < 1.29 is 20.1 Å². The summed E-state index contributed by atoms with van der Waals surface area (Å²) >= 11 is 0. The number of hydrogen-bond acceptors (Lipinski definition) is 4. The predicted molar refractivity (Wildman–Crippen MR) is 140 cm³/mol. The molecule has 0 aliphatic heterocycles. The number of allylic oxidation sites excluding steroid dienone is 4. The molecule has 33 heavy (non-hydrogen) atoms. The first-order chi connectivity index (χ1) is 16.0. The third-order valence-corrected chi connectivity index (χ3v) is 6.60. The van der Waals surface area contributed by atoms with E-state index in [1.165, 1.54) is 25.7 Å². The summed E-state index contributed by atoms with van der Waals surface area (Å²) in [6, 6.07) is 0. The molecule has 0 amide bonds. The Hall–Kier alpha value is -0.970. The number of carbonyl (C=O) groups is 1. The topological polar surface area (TPSA) is 77.8 Å². The molecule has 0 aliphatic rings. The van der Waals surface area contributed by atoms with Crippen LogP contribution in [0.3, 0.4) is 0 Å². The van der Waals surface area contributed by atoms with E-state index in [0.29, 0.717) is 0 Å². The summed E-state index contributed by atoms with van der Waals surface area (Å²) in [7, 11) is 0. The van der Waals surface area contributed by atoms with Gasteiger partial charge in [-0.25, -0.2) is 0 Å². The standard InChI is InChI=1S/C29H54O4/c1-4-7-10-11-12-13-14-15-16-17-18-19-20-22-25(21-8-5-2)26(23-9-6-3)28(32)29(33)27(31)24-30/h12-13,15-16,25-27,29-31,33H,4-11,14,17-24H2,1-3H3/b13-12-,16-15-. The molecule has 4 atom stereocenters. The minimum atomic E-state index is -1.48. The zero-order valence-corrected chi connectivity index (χ0v) is 21.9. The highest BCUT2D eigenvalue weighted by Crippen LogP contribution is 2.31. The Morgan fingerprint density at radius 1 is 0.697 bits per heavy atom. The normalized spacial score (nSPS) is 15.8. The molecule has 4 heteroatoms. The zero-order valence-electron chi connectivity index (χ0n) is 21.9. The number of aliphatic hydroxyl groups excluding tert-OH is 3. The molecule has 0 rings (SSSR count). The van der Waals surface area contributed by atoms with Crippen LogP contribution in [0.25, 0.3) is 0 Å². The van der Waals surface area contributed by atoms with Gasteiger partial charge >= 0.3 is 0 Å². The van der Waals surface area contributed by atoms with Crippen LogP contribution in [0.15, 0.2) is 24.3 Å². The van der Waals surface area contributed by atoms with Gasteiger partial charge in [0, 0.05) is 5.92 Å². The average Bonchev–Trinajstić information content (AvgIpc) is 2.83. The smallest absolute Gasteiger partial charge is 0.167 e. The number of ketones is 1. The second-order valence-electron chi connectivity index (χ2n) is 9.56. The van der Waals surface area contributed by atoms with Crippen molar-refractivity contribution in [3.05, 3.63) is 24.3 Å². The van der Waals surface area contributed by atoms with E-state index in [9.17, 15) is 15.0 Å². The van der Waals surface area contributed by atoms with Gasteiger partial charge in [0.1, 0.15) is 12.2 Å². The van der Waals surface area contributed by atoms with Crippen LogP contribution >= 0.6 is 0 Å². The summed E-state index contributed by atoms with van der Waals surface area (Å²) in [5, 5.41) is 29.2. The molecule has 4 nitrogen and oxygen atoms in total. The molecule has 194 valence electrons. The Morgan fingerprint density at radius 2 is 1.24 bits per heavy atom. The molecule has 0 aromatic rings. The van der Waals surface area contributed by atoms with Crippen molar-refractivity contribution in [3.63, 3.8) is 0 Å². The lowest BCUT2D eigenvalue weighted by molar-refractivity contribution is -0.141. The van der Waals surface area contributed by atoms with Crippen molar-refractivity contribution in [3.8, 4) is 0 Å². The lowest BCUT2D eigenvalue weighted by Gasteiger charge is -2.29. The number of Topliss-reactive ketones (excluding diaryl/α,β-unsaturated/α-hetero) is 1. The number of rotatable bonds is 23. The fourth-order valence-corrected chi connectivity index (χ4v) is 4.42. The zero-order chi connectivity index (χ0) is 24.7. The van der Waals surface area contributed by atoms with Gasteiger partial charge in [0.15, 0.2) is 5.78 Å². The van der Waals surface area contributed by atoms with E-state index in [-0.39, 0.29) is 17.6 Å². The molecule has 0 fully saturated rings. The van der Waals surface area contributed by atoms with Gasteiger partial charge < -0.3 is 15.3 Å². The highest BCUT2D eigenvalue weighted by atomic mass is 16.4. The Bertz CT molecular complexity index is 500. The van der Waals surface area contributed by atoms with Crippen molar-refractivity contribution in [2.75, 3.05) is 6.61 Å². The van der Waals surface area contributed by atoms with E-state index in [2.05, 4.69) is 45.1 Å². The molecule has 0 heterocycles. The molecule has 0 aliphatic carbocycles. The van der Waals surface area contributed by atoms with Gasteiger partial charge in [0.25, 0.3) is 0 Å². The summed E-state index contributed by atoms with van der Waals surface area (Å²) in [6.07, 6.45) is 23.7. The molecule has 0 saturated heterocycles. The van der Waals surface area contributed by atoms with Crippen molar-refractivity contribution >= 4 is 5.78 Å². The van der Waals surface area contributed by atoms with Crippen LogP contribution in [0, 0.1) is 11.8 Å². The Balaban J connectivity index is 4.53. The highest BCUT2D eigenvalue weighted by Gasteiger charge is 2.34. The maximum absolute atomic E-state index is 13.0. The fraction of sp³-hybridized carbons (Fsp3) is 0.828. The SMILES string of the molecule is CCCCC/C=C\C/C=C\CCCCCC(CCCC)C(CCCC)C(=O)C(O)C(O)CO. The van der Waals surface area contributed by atoms with E-state index in [1.807, 2.05) is 0 Å². The van der Waals surface area contributed by atoms with E-state index >= 15 is 0 Å². The van der Waals surface area contributed by atoms with Gasteiger partial charge in [-0.15, -0.1) is 0 Å². The molecular weight excluding hydrogens is 412 g/mol. The van der Waals surface area contributed by atoms with E-state index in [0.717, 1.165) is 77.0 Å². The minimum absolute atomic E-state index is 0.225. The summed E-state index contributed by atoms with van der Waals surface area (Å²) < 4.78 is 0. The Labute approximate surface area is 204 Å². The first kappa shape index (κ1) is 32.0. The van der Waals surface area contributed by atoms with Gasteiger partial charge in [-0.2, -0.15) is 0 Å². The van der Waals surface area contributed by atoms with Gasteiger partial charge in [0.2, 0.25) is 0 Å². The van der Waals surface area contributed by atoms with E-state index in [4.69, 9.17) is 5.11 Å². The van der Waals surface area contributed by atoms with Crippen LogP contribution in [0.1, 0.15) is 124 Å². The molecule has 3 N–H and O–H groups in total. The van der Waals surface area contributed by atoms with Crippen LogP contribution in [-0.4, -0.2) is 39.9 Å². The van der Waals surface area contributed by atoms with Gasteiger partial charge in [-0.3, -0.25) is 4.79 Å². The Morgan fingerprint density at radius 3 is 1.82 bits per heavy atom. The summed E-state index contributed by atoms with van der Waals surface area (Å²) in [5.41, 5.74) is 0. The van der Waals surface area contributed by atoms with Crippen LogP contribution in [0.2, 0.25) is 0 Å². The first-order valence-corrected chi connectivity index (χ1v) is 13.8. The van der Waals surface area contributed by atoms with Crippen LogP contribution in [0.5, 0.6) is 0 Å². The van der Waals surface area contributed by atoms with Crippen molar-refractivity contribution in [1.29, 1.82) is 0 Å². The highest BCUT2D eigenvalue weighted by molar-refractivity contribution is 5.86. The average molecular weight is 467 g/mol. The van der Waals surface area contributed by atoms with Crippen LogP contribution < -0.4 is 0 Å². The summed E-state index contributed by atoms with van der Waals surface area (Å²) in [6.45, 7) is 5.92. The summed E-state index contributed by atoms with van der Waals surface area (Å²) in [4.78, 5) is 13.0. The predicted octanol–water partition coefficient (Wildman–Crippen LogP) is 6.92. The lowest BCUT2D eigenvalue weighted by atomic mass is 9.77. The van der Waals surface area contributed by atoms with E-state index < -0.39 is 18.8 Å². The fourth-order valence-electron chi connectivity index (χ4n) is 4.42. The molecule has 0 bridgehead atoms. The third kappa shape index (κ3) is 16.3. The number of unbranched alkanes of at least 4 members (excludes halogenated alkanes) is 8. The van der Waals surface area contributed by atoms with Crippen molar-refractivity contribution in [2.45, 2.75) is 136 Å². The number of carbonyl (C=O) groups excluding carboxylic acids is 1. The molecular formula is C29H54O4. The Kier molecular flexibility index (Phi) is 22.1. The van der Waals surface area contributed by atoms with Gasteiger partial charge in [0.05, 0.1) is 6.61 Å². The molecule has 0 saturated carbocycles. The second-order valence-corrected chi connectivity index (χ2v) is 9.56. The summed E-state index contributed by atoms with van der Waals surface area (Å²) in [5.74, 6) is -0.258. The maximum Gasteiger partial charge on any atom is 0.167 e. The molecule has 0 aromatic heterocycles. The third-order valence-electron chi connectivity index (χ3n) is 6.60. The first-order valence-electron chi connectivity index (χ1n) is 13.8. The molecule has 0 radical (unpaired) electrons. The van der Waals surface area contributed by atoms with Crippen molar-refractivity contribution in [2.24, 2.45) is 11.8 Å². The minimum Gasteiger partial charge on any atom is -0.394 e. The van der Waals surface area contributed by atoms with E-state index in [1.54, 1.807) is 0 Å². The number of aliphatic hydroxyl groups is 3. The largest absolute Gasteiger partial charge is 0.394 e. The molecule has 4 unspecified atom stereocenters. The number of hydrogen-bond donors (Lipinski definition) is 3. The van der Waals surface area contributed by atoms with Crippen LogP contribution in [0.4, 0.5) is 0 Å². The lowest BCUT2D eigenvalue weighted by Crippen LogP contribution is -2.42. The van der Waals surface area contributed by atoms with Gasteiger partial charge in [-0.05, 0) is 57.3 Å². The molecule has 0 aromatic carbocycles. The second kappa shape index (κ2) is 22.8. The van der Waals surface area contributed by atoms with Crippen LogP contribution in [-0.2, 0) is 4.79 Å². The van der Waals surface area contributed by atoms with Gasteiger partial charge in [-0.1, -0.05) is 96.4 Å². The quantitative estimate of drug-likeness (QED) is 0.113. The molecule has 0 spiro atoms. The van der Waals surface area contributed by atoms with Crippen molar-refractivity contribution in [1.82, 2.24) is 0 Å². The maximum atomic E-state index is 13.0.